The van der Waals surface area contributed by atoms with Gasteiger partial charge in [0.25, 0.3) is 5.91 Å². The molecule has 2 N–H and O–H groups in total. The van der Waals surface area contributed by atoms with Crippen molar-refractivity contribution in [3.63, 3.8) is 0 Å². The van der Waals surface area contributed by atoms with Crippen LogP contribution >= 0.6 is 0 Å². The number of methoxy groups -OCH3 is 1. The second-order valence-electron chi connectivity index (χ2n) is 5.98. The zero-order chi connectivity index (χ0) is 19.4. The molecule has 2 amide bonds. The topological polar surface area (TPSA) is 85.2 Å². The largest absolute Gasteiger partial charge is 0.497 e. The van der Waals surface area contributed by atoms with E-state index in [9.17, 15) is 9.59 Å². The van der Waals surface area contributed by atoms with Crippen molar-refractivity contribution in [2.75, 3.05) is 17.7 Å². The summed E-state index contributed by atoms with van der Waals surface area (Å²) in [5.41, 5.74) is 3.23. The fourth-order valence-corrected chi connectivity index (χ4v) is 2.68. The number of ether oxygens (including phenoxy) is 1. The Morgan fingerprint density at radius 2 is 1.67 bits per heavy atom. The number of anilines is 2. The molecule has 0 atom stereocenters. The number of amides is 2. The van der Waals surface area contributed by atoms with Gasteiger partial charge in [-0.1, -0.05) is 6.07 Å². The minimum atomic E-state index is -0.328. The second kappa shape index (κ2) is 7.74. The molecule has 0 saturated carbocycles. The van der Waals surface area contributed by atoms with Gasteiger partial charge in [-0.15, -0.1) is 0 Å². The molecule has 1 aromatic heterocycles. The Morgan fingerprint density at radius 1 is 1.00 bits per heavy atom. The predicted octanol–water partition coefficient (Wildman–Crippen LogP) is 3.31. The predicted molar refractivity (Wildman–Crippen MR) is 104 cm³/mol. The Balaban J connectivity index is 1.78. The van der Waals surface area contributed by atoms with E-state index < -0.39 is 0 Å². The van der Waals surface area contributed by atoms with E-state index in [1.54, 1.807) is 49.2 Å². The van der Waals surface area contributed by atoms with Crippen molar-refractivity contribution in [3.8, 4) is 17.0 Å². The standard InChI is InChI=1S/C20H20N4O3/c1-13(25)21-15-5-4-6-16(11-15)22-20(26)18-12-19(24(2)23-18)14-7-9-17(27-3)10-8-14/h4-12H,1-3H3,(H,21,25)(H,22,26). The van der Waals surface area contributed by atoms with Gasteiger partial charge in [0.2, 0.25) is 5.91 Å². The highest BCUT2D eigenvalue weighted by Gasteiger charge is 2.14. The minimum Gasteiger partial charge on any atom is -0.497 e. The van der Waals surface area contributed by atoms with E-state index in [2.05, 4.69) is 15.7 Å². The Kier molecular flexibility index (Phi) is 5.21. The van der Waals surface area contributed by atoms with Crippen LogP contribution in [0.5, 0.6) is 5.75 Å². The number of hydrogen-bond donors (Lipinski definition) is 2. The average Bonchev–Trinajstić information content (AvgIpc) is 3.03. The van der Waals surface area contributed by atoms with E-state index in [-0.39, 0.29) is 11.8 Å². The van der Waals surface area contributed by atoms with Crippen LogP contribution in [0.15, 0.2) is 54.6 Å². The van der Waals surface area contributed by atoms with Gasteiger partial charge < -0.3 is 15.4 Å². The third kappa shape index (κ3) is 4.33. The van der Waals surface area contributed by atoms with Crippen molar-refractivity contribution in [2.45, 2.75) is 6.92 Å². The number of aryl methyl sites for hydroxylation is 1. The molecule has 0 unspecified atom stereocenters. The second-order valence-corrected chi connectivity index (χ2v) is 5.98. The number of carbonyl (C=O) groups is 2. The molecule has 7 nitrogen and oxygen atoms in total. The third-order valence-corrected chi connectivity index (χ3v) is 3.94. The summed E-state index contributed by atoms with van der Waals surface area (Å²) in [7, 11) is 3.40. The van der Waals surface area contributed by atoms with Crippen molar-refractivity contribution < 1.29 is 14.3 Å². The fourth-order valence-electron chi connectivity index (χ4n) is 2.68. The highest BCUT2D eigenvalue weighted by atomic mass is 16.5. The van der Waals surface area contributed by atoms with Gasteiger partial charge in [0.15, 0.2) is 5.69 Å². The highest BCUT2D eigenvalue weighted by Crippen LogP contribution is 2.23. The maximum absolute atomic E-state index is 12.6. The molecule has 0 radical (unpaired) electrons. The summed E-state index contributed by atoms with van der Waals surface area (Å²) in [5.74, 6) is 0.260. The molecular formula is C20H20N4O3. The highest BCUT2D eigenvalue weighted by molar-refractivity contribution is 6.04. The van der Waals surface area contributed by atoms with E-state index >= 15 is 0 Å². The molecule has 0 saturated heterocycles. The molecule has 0 aliphatic carbocycles. The van der Waals surface area contributed by atoms with Crippen LogP contribution in [0.4, 0.5) is 11.4 Å². The number of aromatic nitrogens is 2. The molecule has 1 heterocycles. The molecule has 0 aliphatic rings. The zero-order valence-corrected chi connectivity index (χ0v) is 15.3. The zero-order valence-electron chi connectivity index (χ0n) is 15.3. The number of hydrogen-bond acceptors (Lipinski definition) is 4. The van der Waals surface area contributed by atoms with Crippen molar-refractivity contribution in [1.29, 1.82) is 0 Å². The van der Waals surface area contributed by atoms with Crippen LogP contribution in [0.25, 0.3) is 11.3 Å². The average molecular weight is 364 g/mol. The molecule has 7 heteroatoms. The minimum absolute atomic E-state index is 0.174. The van der Waals surface area contributed by atoms with Crippen LogP contribution < -0.4 is 15.4 Å². The van der Waals surface area contributed by atoms with Crippen molar-refractivity contribution in [3.05, 3.63) is 60.3 Å². The maximum atomic E-state index is 12.6. The first-order valence-electron chi connectivity index (χ1n) is 8.34. The van der Waals surface area contributed by atoms with E-state index in [1.165, 1.54) is 6.92 Å². The van der Waals surface area contributed by atoms with Crippen LogP contribution in [-0.2, 0) is 11.8 Å². The molecular weight excluding hydrogens is 344 g/mol. The van der Waals surface area contributed by atoms with Gasteiger partial charge in [-0.05, 0) is 48.5 Å². The summed E-state index contributed by atoms with van der Waals surface area (Å²) >= 11 is 0. The Morgan fingerprint density at radius 3 is 2.30 bits per heavy atom. The monoisotopic (exact) mass is 364 g/mol. The van der Waals surface area contributed by atoms with Crippen LogP contribution in [-0.4, -0.2) is 28.7 Å². The molecule has 27 heavy (non-hydrogen) atoms. The van der Waals surface area contributed by atoms with Gasteiger partial charge in [-0.3, -0.25) is 14.3 Å². The lowest BCUT2D eigenvalue weighted by Crippen LogP contribution is -2.13. The van der Waals surface area contributed by atoms with Gasteiger partial charge in [0.05, 0.1) is 12.8 Å². The molecule has 0 fully saturated rings. The lowest BCUT2D eigenvalue weighted by atomic mass is 10.1. The molecule has 3 aromatic rings. The summed E-state index contributed by atoms with van der Waals surface area (Å²) in [5, 5.41) is 9.78. The Bertz CT molecular complexity index is 977. The molecule has 138 valence electrons. The molecule has 0 aliphatic heterocycles. The van der Waals surface area contributed by atoms with Crippen LogP contribution in [0.2, 0.25) is 0 Å². The van der Waals surface area contributed by atoms with E-state index in [0.717, 1.165) is 17.0 Å². The van der Waals surface area contributed by atoms with Gasteiger partial charge in [0.1, 0.15) is 5.75 Å². The van der Waals surface area contributed by atoms with Crippen LogP contribution in [0.1, 0.15) is 17.4 Å². The quantitative estimate of drug-likeness (QED) is 0.727. The van der Waals surface area contributed by atoms with Crippen LogP contribution in [0, 0.1) is 0 Å². The summed E-state index contributed by atoms with van der Waals surface area (Å²) in [6.45, 7) is 1.43. The first-order valence-corrected chi connectivity index (χ1v) is 8.34. The van der Waals surface area contributed by atoms with Crippen molar-refractivity contribution in [2.24, 2.45) is 7.05 Å². The molecule has 0 spiro atoms. The number of nitrogens with one attached hydrogen (secondary N) is 2. The molecule has 2 aromatic carbocycles. The van der Waals surface area contributed by atoms with Gasteiger partial charge in [0, 0.05) is 30.9 Å². The Labute approximate surface area is 157 Å². The number of benzene rings is 2. The number of carbonyl (C=O) groups excluding carboxylic acids is 2. The Hall–Kier alpha value is -3.61. The van der Waals surface area contributed by atoms with Crippen molar-refractivity contribution in [1.82, 2.24) is 9.78 Å². The number of rotatable bonds is 5. The lowest BCUT2D eigenvalue weighted by Gasteiger charge is -2.06. The van der Waals surface area contributed by atoms with Crippen LogP contribution in [0.3, 0.4) is 0 Å². The first-order chi connectivity index (χ1) is 13.0. The maximum Gasteiger partial charge on any atom is 0.276 e. The first kappa shape index (κ1) is 18.2. The molecule has 0 bridgehead atoms. The summed E-state index contributed by atoms with van der Waals surface area (Å²) in [6.07, 6.45) is 0. The van der Waals surface area contributed by atoms with E-state index in [0.29, 0.717) is 17.1 Å². The van der Waals surface area contributed by atoms with Gasteiger partial charge >= 0.3 is 0 Å². The van der Waals surface area contributed by atoms with Crippen molar-refractivity contribution >= 4 is 23.2 Å². The SMILES string of the molecule is COc1ccc(-c2cc(C(=O)Nc3cccc(NC(C)=O)c3)nn2C)cc1. The summed E-state index contributed by atoms with van der Waals surface area (Å²) in [6, 6.07) is 16.2. The number of nitrogens with zero attached hydrogens (tertiary/aromatic N) is 2. The smallest absolute Gasteiger partial charge is 0.276 e. The normalized spacial score (nSPS) is 10.3. The van der Waals surface area contributed by atoms with E-state index in [4.69, 9.17) is 4.74 Å². The summed E-state index contributed by atoms with van der Waals surface area (Å²) < 4.78 is 6.82. The van der Waals surface area contributed by atoms with Gasteiger partial charge in [-0.25, -0.2) is 0 Å². The molecule has 3 rings (SSSR count). The summed E-state index contributed by atoms with van der Waals surface area (Å²) in [4.78, 5) is 23.7. The third-order valence-electron chi connectivity index (χ3n) is 3.94. The van der Waals surface area contributed by atoms with E-state index in [1.807, 2.05) is 24.3 Å². The van der Waals surface area contributed by atoms with Gasteiger partial charge in [-0.2, -0.15) is 5.10 Å². The lowest BCUT2D eigenvalue weighted by molar-refractivity contribution is -0.114. The fraction of sp³-hybridized carbons (Fsp3) is 0.150.